The van der Waals surface area contributed by atoms with Crippen LogP contribution in [0.25, 0.3) is 0 Å². The van der Waals surface area contributed by atoms with E-state index in [2.05, 4.69) is 0 Å². The van der Waals surface area contributed by atoms with Crippen molar-refractivity contribution in [1.82, 2.24) is 4.31 Å². The zero-order valence-electron chi connectivity index (χ0n) is 25.2. The number of ether oxygens (including phenoxy) is 5. The zero-order valence-corrected chi connectivity index (χ0v) is 26.0. The van der Waals surface area contributed by atoms with Crippen molar-refractivity contribution in [3.8, 4) is 0 Å². The Kier molecular flexibility index (Phi) is 10.0. The maximum Gasteiger partial charge on any atom is 0.428 e. The highest BCUT2D eigenvalue weighted by Crippen LogP contribution is 2.43. The number of nitrogens with zero attached hydrogens (tertiary/aromatic N) is 1. The molecule has 0 bridgehead atoms. The summed E-state index contributed by atoms with van der Waals surface area (Å²) in [5.41, 5.74) is 0.120. The van der Waals surface area contributed by atoms with Crippen LogP contribution in [0.15, 0.2) is 91.0 Å². The molecule has 0 saturated carbocycles. The Morgan fingerprint density at radius 1 is 0.841 bits per heavy atom. The first-order valence-corrected chi connectivity index (χ1v) is 15.9. The second kappa shape index (κ2) is 13.8. The van der Waals surface area contributed by atoms with Gasteiger partial charge in [0.2, 0.25) is 0 Å². The van der Waals surface area contributed by atoms with Crippen molar-refractivity contribution in [2.45, 2.75) is 76.7 Å². The first-order valence-electron chi connectivity index (χ1n) is 14.6. The highest BCUT2D eigenvalue weighted by molar-refractivity contribution is 7.85. The minimum Gasteiger partial charge on any atom is -0.443 e. The topological polar surface area (TPSA) is 110 Å². The smallest absolute Gasteiger partial charge is 0.428 e. The maximum absolute atomic E-state index is 13.4. The normalized spacial score (nSPS) is 24.8. The Balaban J connectivity index is 1.47. The molecule has 1 spiro atoms. The zero-order chi connectivity index (χ0) is 31.2. The molecule has 11 heteroatoms. The molecule has 10 nitrogen and oxygen atoms in total. The second-order valence-corrected chi connectivity index (χ2v) is 13.3. The van der Waals surface area contributed by atoms with Gasteiger partial charge in [0.05, 0.1) is 32.5 Å². The van der Waals surface area contributed by atoms with Gasteiger partial charge in [-0.25, -0.2) is 8.98 Å². The lowest BCUT2D eigenvalue weighted by Crippen LogP contribution is -2.64. The summed E-state index contributed by atoms with van der Waals surface area (Å²) in [5, 5.41) is 0. The molecule has 44 heavy (non-hydrogen) atoms. The summed E-state index contributed by atoms with van der Waals surface area (Å²) in [6.45, 7) is 5.34. The van der Waals surface area contributed by atoms with Crippen LogP contribution in [0.1, 0.15) is 43.9 Å². The Hall–Kier alpha value is -3.32. The Morgan fingerprint density at radius 3 is 1.91 bits per heavy atom. The molecule has 1 amide bonds. The van der Waals surface area contributed by atoms with Crippen LogP contribution in [0.3, 0.4) is 0 Å². The van der Waals surface area contributed by atoms with E-state index in [0.717, 1.165) is 16.7 Å². The van der Waals surface area contributed by atoms with Crippen LogP contribution in [-0.4, -0.2) is 61.7 Å². The van der Waals surface area contributed by atoms with E-state index in [-0.39, 0.29) is 26.2 Å². The van der Waals surface area contributed by atoms with E-state index >= 15 is 0 Å². The average molecular weight is 626 g/mol. The van der Waals surface area contributed by atoms with Crippen LogP contribution in [0.4, 0.5) is 4.79 Å². The summed E-state index contributed by atoms with van der Waals surface area (Å²) in [4.78, 5) is 13.4. The number of carbonyl (C=O) groups is 1. The fraction of sp³-hybridized carbons (Fsp3) is 0.424. The van der Waals surface area contributed by atoms with Gasteiger partial charge in [-0.1, -0.05) is 91.0 Å². The lowest BCUT2D eigenvalue weighted by molar-refractivity contribution is -0.275. The van der Waals surface area contributed by atoms with Gasteiger partial charge in [-0.2, -0.15) is 8.42 Å². The number of rotatable bonds is 10. The third kappa shape index (κ3) is 8.03. The van der Waals surface area contributed by atoms with Crippen molar-refractivity contribution in [2.75, 3.05) is 13.2 Å². The summed E-state index contributed by atoms with van der Waals surface area (Å²) in [7, 11) is -4.52. The van der Waals surface area contributed by atoms with Crippen LogP contribution in [-0.2, 0) is 58.0 Å². The van der Waals surface area contributed by atoms with Crippen LogP contribution >= 0.6 is 0 Å². The Bertz CT molecular complexity index is 1470. The summed E-state index contributed by atoms with van der Waals surface area (Å²) in [6, 6.07) is 28.9. The lowest BCUT2D eigenvalue weighted by atomic mass is 9.93. The highest BCUT2D eigenvalue weighted by atomic mass is 32.2. The molecular weight excluding hydrogens is 586 g/mol. The quantitative estimate of drug-likeness (QED) is 0.294. The van der Waals surface area contributed by atoms with Crippen molar-refractivity contribution in [3.63, 3.8) is 0 Å². The lowest BCUT2D eigenvalue weighted by Gasteiger charge is -2.47. The predicted octanol–water partition coefficient (Wildman–Crippen LogP) is 5.37. The average Bonchev–Trinajstić information content (AvgIpc) is 3.25. The molecule has 236 valence electrons. The molecule has 0 unspecified atom stereocenters. The van der Waals surface area contributed by atoms with Crippen molar-refractivity contribution < 1.29 is 41.1 Å². The van der Waals surface area contributed by atoms with Crippen molar-refractivity contribution in [1.29, 1.82) is 0 Å². The molecule has 5 rings (SSSR count). The van der Waals surface area contributed by atoms with E-state index < -0.39 is 52.6 Å². The number of benzene rings is 3. The van der Waals surface area contributed by atoms with Crippen molar-refractivity contribution >= 4 is 16.4 Å². The third-order valence-electron chi connectivity index (χ3n) is 7.20. The molecule has 2 heterocycles. The molecule has 3 aromatic rings. The number of hydrogen-bond acceptors (Lipinski definition) is 9. The highest BCUT2D eigenvalue weighted by Gasteiger charge is 2.62. The Morgan fingerprint density at radius 2 is 1.36 bits per heavy atom. The minimum atomic E-state index is -4.52. The molecular formula is C33H39NO9S. The minimum absolute atomic E-state index is 0.0313. The molecule has 0 radical (unpaired) electrons. The monoisotopic (exact) mass is 625 g/mol. The summed E-state index contributed by atoms with van der Waals surface area (Å²) >= 11 is 0. The first-order chi connectivity index (χ1) is 21.0. The standard InChI is InChI=1S/C33H39NO9S/c1-32(2,3)43-31(35)34-33(24-41-44(34,36)37)19-28(39-21-26-15-9-5-10-16-26)30(40-22-27-17-11-6-12-18-27)29(42-33)23-38-20-25-13-7-4-8-14-25/h4-18,28-30H,19-24H2,1-3H3/t28-,29-,30+,33+/m1/s1. The van der Waals surface area contributed by atoms with Crippen LogP contribution in [0.5, 0.6) is 0 Å². The summed E-state index contributed by atoms with van der Waals surface area (Å²) in [6.07, 6.45) is -3.36. The molecule has 2 saturated heterocycles. The van der Waals surface area contributed by atoms with E-state index in [1.165, 1.54) is 0 Å². The van der Waals surface area contributed by atoms with E-state index in [9.17, 15) is 13.2 Å². The van der Waals surface area contributed by atoms with Gasteiger partial charge in [0.25, 0.3) is 0 Å². The van der Waals surface area contributed by atoms with Crippen LogP contribution in [0, 0.1) is 0 Å². The van der Waals surface area contributed by atoms with Gasteiger partial charge in [-0.3, -0.25) is 0 Å². The van der Waals surface area contributed by atoms with E-state index in [1.807, 2.05) is 91.0 Å². The van der Waals surface area contributed by atoms with E-state index in [0.29, 0.717) is 10.9 Å². The second-order valence-electron chi connectivity index (χ2n) is 11.9. The van der Waals surface area contributed by atoms with Crippen LogP contribution < -0.4 is 0 Å². The molecule has 3 aromatic carbocycles. The molecule has 0 aromatic heterocycles. The van der Waals surface area contributed by atoms with Gasteiger partial charge >= 0.3 is 16.4 Å². The van der Waals surface area contributed by atoms with E-state index in [4.69, 9.17) is 27.9 Å². The predicted molar refractivity (Wildman–Crippen MR) is 161 cm³/mol. The molecule has 2 aliphatic heterocycles. The van der Waals surface area contributed by atoms with Gasteiger partial charge in [-0.05, 0) is 37.5 Å². The first kappa shape index (κ1) is 32.1. The van der Waals surface area contributed by atoms with E-state index in [1.54, 1.807) is 20.8 Å². The van der Waals surface area contributed by atoms with Gasteiger partial charge in [-0.15, -0.1) is 4.31 Å². The Labute approximate surface area is 259 Å². The number of carbonyl (C=O) groups excluding carboxylic acids is 1. The van der Waals surface area contributed by atoms with Gasteiger partial charge < -0.3 is 23.7 Å². The molecule has 0 N–H and O–H groups in total. The van der Waals surface area contributed by atoms with Crippen LogP contribution in [0.2, 0.25) is 0 Å². The van der Waals surface area contributed by atoms with Gasteiger partial charge in [0.1, 0.15) is 24.4 Å². The van der Waals surface area contributed by atoms with Crippen molar-refractivity contribution in [2.24, 2.45) is 0 Å². The molecule has 0 aliphatic carbocycles. The molecule has 4 atom stereocenters. The largest absolute Gasteiger partial charge is 0.443 e. The fourth-order valence-electron chi connectivity index (χ4n) is 5.24. The number of amides is 1. The third-order valence-corrected chi connectivity index (χ3v) is 8.54. The molecule has 2 fully saturated rings. The summed E-state index contributed by atoms with van der Waals surface area (Å²) in [5.74, 6) is 0. The SMILES string of the molecule is CC(C)(C)OC(=O)N1[C@@]2(COS1(=O)=O)C[C@@H](OCc1ccccc1)[C@H](OCc1ccccc1)[C@@H](COCc1ccccc1)O2. The number of hydrogen-bond donors (Lipinski definition) is 0. The maximum atomic E-state index is 13.4. The fourth-order valence-corrected chi connectivity index (χ4v) is 6.48. The molecule has 2 aliphatic rings. The summed E-state index contributed by atoms with van der Waals surface area (Å²) < 4.78 is 63.2. The van der Waals surface area contributed by atoms with Gasteiger partial charge in [0, 0.05) is 6.42 Å². The van der Waals surface area contributed by atoms with Crippen molar-refractivity contribution in [3.05, 3.63) is 108 Å². The van der Waals surface area contributed by atoms with Gasteiger partial charge in [0.15, 0.2) is 5.72 Å².